The number of pyridine rings is 1. The summed E-state index contributed by atoms with van der Waals surface area (Å²) in [5.41, 5.74) is 1.79. The Bertz CT molecular complexity index is 868. The maximum absolute atomic E-state index is 12.6. The summed E-state index contributed by atoms with van der Waals surface area (Å²) in [7, 11) is -3.49. The summed E-state index contributed by atoms with van der Waals surface area (Å²) in [4.78, 5) is 16.5. The van der Waals surface area contributed by atoms with Crippen molar-refractivity contribution in [1.82, 2.24) is 14.6 Å². The van der Waals surface area contributed by atoms with Gasteiger partial charge < -0.3 is 10.1 Å². The fourth-order valence-electron chi connectivity index (χ4n) is 2.70. The van der Waals surface area contributed by atoms with Gasteiger partial charge in [0.2, 0.25) is 15.9 Å². The number of nitrogens with one attached hydrogen (secondary N) is 1. The molecule has 150 valence electrons. The Morgan fingerprint density at radius 2 is 1.89 bits per heavy atom. The van der Waals surface area contributed by atoms with Crippen LogP contribution in [-0.2, 0) is 31.9 Å². The zero-order valence-corrected chi connectivity index (χ0v) is 17.0. The van der Waals surface area contributed by atoms with Crippen LogP contribution < -0.4 is 5.32 Å². The molecule has 0 unspecified atom stereocenters. The summed E-state index contributed by atoms with van der Waals surface area (Å²) in [6, 6.07) is 12.3. The van der Waals surface area contributed by atoms with E-state index in [-0.39, 0.29) is 10.8 Å². The van der Waals surface area contributed by atoms with Crippen LogP contribution in [0.5, 0.6) is 0 Å². The summed E-state index contributed by atoms with van der Waals surface area (Å²) >= 11 is 1.50. The lowest BCUT2D eigenvalue weighted by Gasteiger charge is -2.26. The SMILES string of the molecule is O=C(CSCc1ccccn1)NCc1ccc(S(=O)(=O)N2CCOCC2)cc1. The van der Waals surface area contributed by atoms with Gasteiger partial charge in [-0.2, -0.15) is 4.31 Å². The Morgan fingerprint density at radius 1 is 1.14 bits per heavy atom. The number of aromatic nitrogens is 1. The molecule has 1 fully saturated rings. The number of hydrogen-bond donors (Lipinski definition) is 1. The van der Waals surface area contributed by atoms with Crippen LogP contribution in [0.1, 0.15) is 11.3 Å². The second-order valence-corrected chi connectivity index (χ2v) is 9.17. The van der Waals surface area contributed by atoms with E-state index < -0.39 is 10.0 Å². The average Bonchev–Trinajstić information content (AvgIpc) is 2.74. The Labute approximate surface area is 169 Å². The summed E-state index contributed by atoms with van der Waals surface area (Å²) in [6.07, 6.45) is 1.74. The van der Waals surface area contributed by atoms with E-state index in [1.54, 1.807) is 30.5 Å². The third-order valence-corrected chi connectivity index (χ3v) is 7.11. The van der Waals surface area contributed by atoms with Crippen molar-refractivity contribution < 1.29 is 17.9 Å². The zero-order chi connectivity index (χ0) is 19.8. The third-order valence-electron chi connectivity index (χ3n) is 4.23. The molecule has 2 heterocycles. The third kappa shape index (κ3) is 5.78. The first-order valence-electron chi connectivity index (χ1n) is 8.97. The Hall–Kier alpha value is -1.94. The number of hydrogen-bond acceptors (Lipinski definition) is 6. The number of nitrogens with zero attached hydrogens (tertiary/aromatic N) is 2. The van der Waals surface area contributed by atoms with Crippen LogP contribution >= 0.6 is 11.8 Å². The molecular formula is C19H23N3O4S2. The minimum atomic E-state index is -3.49. The summed E-state index contributed by atoms with van der Waals surface area (Å²) in [5.74, 6) is 0.966. The molecule has 1 aliphatic heterocycles. The van der Waals surface area contributed by atoms with Gasteiger partial charge in [0.15, 0.2) is 0 Å². The number of morpholine rings is 1. The predicted molar refractivity (Wildman–Crippen MR) is 108 cm³/mol. The van der Waals surface area contributed by atoms with Gasteiger partial charge in [0.1, 0.15) is 0 Å². The van der Waals surface area contributed by atoms with Crippen molar-refractivity contribution >= 4 is 27.7 Å². The number of benzene rings is 1. The molecule has 1 N–H and O–H groups in total. The lowest BCUT2D eigenvalue weighted by molar-refractivity contribution is -0.118. The Kier molecular flexibility index (Phi) is 7.43. The molecule has 28 heavy (non-hydrogen) atoms. The number of carbonyl (C=O) groups is 1. The first kappa shape index (κ1) is 20.8. The van der Waals surface area contributed by atoms with Gasteiger partial charge in [0.05, 0.1) is 29.6 Å². The van der Waals surface area contributed by atoms with E-state index >= 15 is 0 Å². The monoisotopic (exact) mass is 421 g/mol. The summed E-state index contributed by atoms with van der Waals surface area (Å²) < 4.78 is 31.8. The molecule has 0 atom stereocenters. The topological polar surface area (TPSA) is 88.6 Å². The van der Waals surface area contributed by atoms with E-state index in [1.165, 1.54) is 16.1 Å². The number of thioether (sulfide) groups is 1. The standard InChI is InChI=1S/C19H23N3O4S2/c23-19(15-27-14-17-3-1-2-8-20-17)21-13-16-4-6-18(7-5-16)28(24,25)22-9-11-26-12-10-22/h1-8H,9-15H2,(H,21,23). The molecule has 1 aromatic carbocycles. The van der Waals surface area contributed by atoms with Gasteiger partial charge in [0.25, 0.3) is 0 Å². The molecule has 1 saturated heterocycles. The highest BCUT2D eigenvalue weighted by Crippen LogP contribution is 2.17. The van der Waals surface area contributed by atoms with Crippen LogP contribution in [0, 0.1) is 0 Å². The van der Waals surface area contributed by atoms with E-state index in [9.17, 15) is 13.2 Å². The molecule has 1 aromatic heterocycles. The van der Waals surface area contributed by atoms with Gasteiger partial charge >= 0.3 is 0 Å². The van der Waals surface area contributed by atoms with Crippen LogP contribution in [0.4, 0.5) is 0 Å². The van der Waals surface area contributed by atoms with Gasteiger partial charge in [-0.3, -0.25) is 9.78 Å². The molecule has 1 amide bonds. The average molecular weight is 422 g/mol. The van der Waals surface area contributed by atoms with Crippen molar-refractivity contribution in [3.8, 4) is 0 Å². The van der Waals surface area contributed by atoms with Gasteiger partial charge in [-0.15, -0.1) is 11.8 Å². The van der Waals surface area contributed by atoms with Crippen molar-refractivity contribution in [3.63, 3.8) is 0 Å². The number of rotatable bonds is 8. The molecule has 1 aliphatic rings. The van der Waals surface area contributed by atoms with E-state index in [0.29, 0.717) is 44.4 Å². The number of carbonyl (C=O) groups excluding carboxylic acids is 1. The van der Waals surface area contributed by atoms with Gasteiger partial charge in [0, 0.05) is 31.6 Å². The van der Waals surface area contributed by atoms with E-state index in [4.69, 9.17) is 4.74 Å². The highest BCUT2D eigenvalue weighted by molar-refractivity contribution is 7.99. The van der Waals surface area contributed by atoms with Gasteiger partial charge in [-0.25, -0.2) is 8.42 Å². The first-order valence-corrected chi connectivity index (χ1v) is 11.6. The van der Waals surface area contributed by atoms with Crippen molar-refractivity contribution in [1.29, 1.82) is 0 Å². The number of sulfonamides is 1. The molecular weight excluding hydrogens is 398 g/mol. The fourth-order valence-corrected chi connectivity index (χ4v) is 4.88. The molecule has 9 heteroatoms. The number of amides is 1. The molecule has 0 spiro atoms. The molecule has 0 saturated carbocycles. The number of ether oxygens (including phenoxy) is 1. The minimum Gasteiger partial charge on any atom is -0.379 e. The molecule has 3 rings (SSSR count). The highest BCUT2D eigenvalue weighted by Gasteiger charge is 2.26. The normalized spacial score (nSPS) is 15.3. The zero-order valence-electron chi connectivity index (χ0n) is 15.4. The van der Waals surface area contributed by atoms with E-state index in [1.807, 2.05) is 18.2 Å². The maximum atomic E-state index is 12.6. The van der Waals surface area contributed by atoms with Crippen LogP contribution in [0.3, 0.4) is 0 Å². The molecule has 0 radical (unpaired) electrons. The first-order chi connectivity index (χ1) is 13.6. The van der Waals surface area contributed by atoms with Crippen molar-refractivity contribution in [2.24, 2.45) is 0 Å². The lowest BCUT2D eigenvalue weighted by atomic mass is 10.2. The second kappa shape index (κ2) is 10.0. The quantitative estimate of drug-likeness (QED) is 0.697. The van der Waals surface area contributed by atoms with Gasteiger partial charge in [-0.1, -0.05) is 18.2 Å². The van der Waals surface area contributed by atoms with Crippen LogP contribution in [0.15, 0.2) is 53.6 Å². The maximum Gasteiger partial charge on any atom is 0.243 e. The van der Waals surface area contributed by atoms with Crippen LogP contribution in [0.25, 0.3) is 0 Å². The smallest absolute Gasteiger partial charge is 0.243 e. The highest BCUT2D eigenvalue weighted by atomic mass is 32.2. The minimum absolute atomic E-state index is 0.0639. The van der Waals surface area contributed by atoms with Gasteiger partial charge in [-0.05, 0) is 29.8 Å². The summed E-state index contributed by atoms with van der Waals surface area (Å²) in [6.45, 7) is 1.94. The largest absolute Gasteiger partial charge is 0.379 e. The molecule has 7 nitrogen and oxygen atoms in total. The Morgan fingerprint density at radius 3 is 2.57 bits per heavy atom. The van der Waals surface area contributed by atoms with Crippen LogP contribution in [-0.4, -0.2) is 55.7 Å². The second-order valence-electron chi connectivity index (χ2n) is 6.25. The van der Waals surface area contributed by atoms with Crippen molar-refractivity contribution in [3.05, 3.63) is 59.9 Å². The Balaban J connectivity index is 1.45. The predicted octanol–water partition coefficient (Wildman–Crippen LogP) is 1.65. The van der Waals surface area contributed by atoms with Crippen molar-refractivity contribution in [2.45, 2.75) is 17.2 Å². The lowest BCUT2D eigenvalue weighted by Crippen LogP contribution is -2.40. The van der Waals surface area contributed by atoms with E-state index in [0.717, 1.165) is 11.3 Å². The summed E-state index contributed by atoms with van der Waals surface area (Å²) in [5, 5.41) is 2.85. The van der Waals surface area contributed by atoms with Crippen LogP contribution in [0.2, 0.25) is 0 Å². The fraction of sp³-hybridized carbons (Fsp3) is 0.368. The van der Waals surface area contributed by atoms with Crippen molar-refractivity contribution in [2.75, 3.05) is 32.1 Å². The molecule has 0 aliphatic carbocycles. The molecule has 0 bridgehead atoms. The van der Waals surface area contributed by atoms with E-state index in [2.05, 4.69) is 10.3 Å². The molecule has 2 aromatic rings.